The van der Waals surface area contributed by atoms with Crippen molar-refractivity contribution in [3.05, 3.63) is 108 Å². The van der Waals surface area contributed by atoms with Crippen molar-refractivity contribution in [2.24, 2.45) is 0 Å². The molecule has 0 amide bonds. The first kappa shape index (κ1) is 39.0. The second-order valence-electron chi connectivity index (χ2n) is 13.9. The summed E-state index contributed by atoms with van der Waals surface area (Å²) in [7, 11) is -18.0. The van der Waals surface area contributed by atoms with Crippen LogP contribution in [0.3, 0.4) is 0 Å². The minimum Gasteiger partial charge on any atom is -0.444 e. The van der Waals surface area contributed by atoms with Gasteiger partial charge in [-0.1, -0.05) is 24.3 Å². The summed E-state index contributed by atoms with van der Waals surface area (Å²) in [5, 5.41) is 0. The number of nitrogens with one attached hydrogen (secondary N) is 1. The van der Waals surface area contributed by atoms with Crippen LogP contribution in [-0.4, -0.2) is 77.8 Å². The second kappa shape index (κ2) is 13.8. The molecule has 4 N–H and O–H groups in total. The molecule has 2 aliphatic heterocycles. The lowest BCUT2D eigenvalue weighted by atomic mass is 10.1. The van der Waals surface area contributed by atoms with E-state index >= 15 is 0 Å². The van der Waals surface area contributed by atoms with Crippen LogP contribution in [0.15, 0.2) is 113 Å². The Morgan fingerprint density at radius 2 is 0.906 bits per heavy atom. The summed E-state index contributed by atoms with van der Waals surface area (Å²) in [5.41, 5.74) is -2.55. The highest BCUT2D eigenvalue weighted by atomic mass is 32.2. The maximum absolute atomic E-state index is 14.1. The first-order valence-corrected chi connectivity index (χ1v) is 22.6. The second-order valence-corrected chi connectivity index (χ2v) is 17.9. The number of oxazole rings is 4. The summed E-state index contributed by atoms with van der Waals surface area (Å²) >= 11 is 0. The van der Waals surface area contributed by atoms with E-state index in [0.717, 1.165) is 12.5 Å². The largest absolute Gasteiger partial charge is 0.444 e. The number of hydrogen-bond acceptors (Lipinski definition) is 16. The molecule has 9 heterocycles. The fraction of sp³-hybridized carbons (Fsp3) is 0. The Morgan fingerprint density at radius 1 is 0.500 bits per heavy atom. The van der Waals surface area contributed by atoms with E-state index < -0.39 is 74.3 Å². The predicted molar refractivity (Wildman–Crippen MR) is 226 cm³/mol. The molecular weight excluding hydrogens is 897 g/mol. The van der Waals surface area contributed by atoms with Gasteiger partial charge < -0.3 is 22.7 Å². The third-order valence-electron chi connectivity index (χ3n) is 10.1. The molecule has 0 unspecified atom stereocenters. The Kier molecular flexibility index (Phi) is 8.42. The zero-order valence-electron chi connectivity index (χ0n) is 31.7. The number of benzene rings is 2. The topological polar surface area (TPSA) is 314 Å². The fourth-order valence-corrected chi connectivity index (χ4v) is 10.8. The van der Waals surface area contributed by atoms with Gasteiger partial charge in [-0.05, 0) is 60.7 Å². The molecule has 64 heavy (non-hydrogen) atoms. The number of aromatic nitrogens is 8. The van der Waals surface area contributed by atoms with E-state index in [0.29, 0.717) is 22.1 Å². The van der Waals surface area contributed by atoms with Crippen LogP contribution in [0.4, 0.5) is 0 Å². The van der Waals surface area contributed by atoms with Crippen molar-refractivity contribution < 1.29 is 56.6 Å². The molecule has 11 rings (SSSR count). The van der Waals surface area contributed by atoms with Crippen molar-refractivity contribution in [1.82, 2.24) is 38.9 Å². The number of hydrogen-bond donors (Lipinski definition) is 4. The van der Waals surface area contributed by atoms with Crippen molar-refractivity contribution in [1.29, 1.82) is 0 Å². The zero-order valence-corrected chi connectivity index (χ0v) is 34.1. The Balaban J connectivity index is 1.49. The SMILES string of the molecule is O=S(=O)(O)c1c(S(=O)(=O)O)c2c(-c3nc4ccccc4o3)c3nc(c(-c4nc5ccccc5o4)c4ccc([nH]4)c(-c4ncco4)c4nc(c(-c5ncco5)c1n2S(=O)(=O)O)C=C4)C=C3. The van der Waals surface area contributed by atoms with Crippen LogP contribution in [-0.2, 0) is 30.5 Å². The Labute approximate surface area is 357 Å². The molecule has 9 aromatic rings. The van der Waals surface area contributed by atoms with E-state index in [-0.39, 0.29) is 60.8 Å². The van der Waals surface area contributed by atoms with Crippen LogP contribution in [0.1, 0.15) is 22.8 Å². The summed E-state index contributed by atoms with van der Waals surface area (Å²) in [4.78, 5) is 26.9. The number of H-pyrrole nitrogens is 1. The van der Waals surface area contributed by atoms with Crippen molar-refractivity contribution in [3.63, 3.8) is 0 Å². The lowest BCUT2D eigenvalue weighted by Crippen LogP contribution is -2.13. The van der Waals surface area contributed by atoms with Gasteiger partial charge in [-0.3, -0.25) is 13.7 Å². The molecule has 2 aliphatic rings. The number of aromatic amines is 1. The standard InChI is InChI=1S/C40H22N8O13S3/c49-62(50,51)35-33-31(38-42-16-18-59-38)25-13-11-22(44-25)29(37-41-15-17-58-37)21-9-10-23(43-21)30(39-46-19-5-1-3-7-27(19)60-39)24-12-14-26(45-24)32(40-47-20-6-2-4-8-28(20)61-40)34(36(35)63(52,53)54)48(33)64(55,56)57/h1-18,43H,(H,49,50,51)(H,52,53,54)(H,55,56,57). The van der Waals surface area contributed by atoms with Gasteiger partial charge in [-0.2, -0.15) is 25.3 Å². The summed E-state index contributed by atoms with van der Waals surface area (Å²) in [6.45, 7) is 0. The van der Waals surface area contributed by atoms with Crippen molar-refractivity contribution in [3.8, 4) is 45.8 Å². The van der Waals surface area contributed by atoms with Crippen LogP contribution in [0.5, 0.6) is 0 Å². The minimum absolute atomic E-state index is 0.0161. The van der Waals surface area contributed by atoms with Gasteiger partial charge in [0, 0.05) is 0 Å². The summed E-state index contributed by atoms with van der Waals surface area (Å²) in [5.74, 6) is -1.14. The minimum atomic E-state index is -6.01. The normalized spacial score (nSPS) is 13.2. The molecule has 2 aromatic carbocycles. The highest BCUT2D eigenvalue weighted by Gasteiger charge is 2.41. The highest BCUT2D eigenvalue weighted by Crippen LogP contribution is 2.46. The molecule has 8 bridgehead atoms. The Morgan fingerprint density at radius 3 is 1.33 bits per heavy atom. The summed E-state index contributed by atoms with van der Waals surface area (Å²) in [6.07, 6.45) is 10.1. The molecule has 0 aliphatic carbocycles. The monoisotopic (exact) mass is 918 g/mol. The van der Waals surface area contributed by atoms with Gasteiger partial charge in [0.05, 0.1) is 79.5 Å². The van der Waals surface area contributed by atoms with Gasteiger partial charge in [0.2, 0.25) is 23.6 Å². The van der Waals surface area contributed by atoms with Crippen molar-refractivity contribution >= 4 is 99.1 Å². The third-order valence-corrected chi connectivity index (χ3v) is 12.9. The average Bonchev–Trinajstić information content (AvgIpc) is 4.09. The molecule has 0 saturated carbocycles. The predicted octanol–water partition coefficient (Wildman–Crippen LogP) is 7.20. The number of nitrogens with zero attached hydrogens (tertiary/aromatic N) is 7. The molecule has 24 heteroatoms. The number of fused-ring (bicyclic) bond motifs is 10. The molecule has 0 atom stereocenters. The first-order valence-electron chi connectivity index (χ1n) is 18.3. The van der Waals surface area contributed by atoms with Gasteiger partial charge in [0.25, 0.3) is 20.2 Å². The Bertz CT molecular complexity index is 3990. The van der Waals surface area contributed by atoms with Crippen molar-refractivity contribution in [2.45, 2.75) is 9.79 Å². The third kappa shape index (κ3) is 6.19. The van der Waals surface area contributed by atoms with Gasteiger partial charge in [-0.15, -0.1) is 0 Å². The van der Waals surface area contributed by atoms with Crippen LogP contribution >= 0.6 is 0 Å². The highest BCUT2D eigenvalue weighted by molar-refractivity contribution is 7.89. The Hall–Kier alpha value is -7.87. The molecule has 21 nitrogen and oxygen atoms in total. The van der Waals surface area contributed by atoms with Gasteiger partial charge >= 0.3 is 10.3 Å². The molecule has 0 radical (unpaired) electrons. The van der Waals surface area contributed by atoms with E-state index in [1.54, 1.807) is 48.5 Å². The average molecular weight is 919 g/mol. The number of para-hydroxylation sites is 4. The fourth-order valence-electron chi connectivity index (χ4n) is 7.66. The molecule has 0 fully saturated rings. The molecule has 0 spiro atoms. The lowest BCUT2D eigenvalue weighted by molar-refractivity contribution is 0.469. The first-order chi connectivity index (χ1) is 30.6. The van der Waals surface area contributed by atoms with Crippen LogP contribution in [0.25, 0.3) is 114 Å². The van der Waals surface area contributed by atoms with Gasteiger partial charge in [0.1, 0.15) is 33.4 Å². The molecule has 0 saturated heterocycles. The zero-order chi connectivity index (χ0) is 44.3. The maximum Gasteiger partial charge on any atom is 0.364 e. The maximum atomic E-state index is 14.1. The van der Waals surface area contributed by atoms with Crippen LogP contribution in [0, 0.1) is 0 Å². The number of rotatable bonds is 7. The lowest BCUT2D eigenvalue weighted by Gasteiger charge is -2.08. The van der Waals surface area contributed by atoms with E-state index in [9.17, 15) is 38.9 Å². The quantitative estimate of drug-likeness (QED) is 0.115. The summed E-state index contributed by atoms with van der Waals surface area (Å²) in [6, 6.07) is 16.4. The van der Waals surface area contributed by atoms with Crippen LogP contribution < -0.4 is 0 Å². The van der Waals surface area contributed by atoms with E-state index in [4.69, 9.17) is 27.6 Å². The smallest absolute Gasteiger partial charge is 0.364 e. The molecule has 318 valence electrons. The van der Waals surface area contributed by atoms with Gasteiger partial charge in [0.15, 0.2) is 11.2 Å². The molecule has 7 aromatic heterocycles. The van der Waals surface area contributed by atoms with E-state index in [2.05, 4.69) is 24.9 Å². The van der Waals surface area contributed by atoms with Crippen molar-refractivity contribution in [2.75, 3.05) is 0 Å². The molecular formula is C40H22N8O13S3. The summed E-state index contributed by atoms with van der Waals surface area (Å²) < 4.78 is 140. The van der Waals surface area contributed by atoms with E-state index in [1.165, 1.54) is 48.9 Å². The van der Waals surface area contributed by atoms with Gasteiger partial charge in [-0.25, -0.2) is 33.9 Å². The van der Waals surface area contributed by atoms with E-state index in [1.807, 2.05) is 0 Å². The van der Waals surface area contributed by atoms with Crippen LogP contribution in [0.2, 0.25) is 0 Å².